The first-order chi connectivity index (χ1) is 9.31. The standard InChI is InChI=1S/C14H15N3OS/c18-13(16-14-9-15-17-19-14)8-10-4-6-12(7-5-10)11-2-1-3-11/h4-7,9,11H,1-3,8H2,(H,16,18). The van der Waals surface area contributed by atoms with Gasteiger partial charge in [0.25, 0.3) is 0 Å². The van der Waals surface area contributed by atoms with E-state index in [0.29, 0.717) is 11.4 Å². The van der Waals surface area contributed by atoms with Crippen LogP contribution in [0.15, 0.2) is 30.5 Å². The molecular weight excluding hydrogens is 258 g/mol. The number of carbonyl (C=O) groups is 1. The van der Waals surface area contributed by atoms with Crippen LogP contribution in [-0.2, 0) is 11.2 Å². The Hall–Kier alpha value is -1.75. The molecule has 5 heteroatoms. The van der Waals surface area contributed by atoms with Crippen molar-refractivity contribution in [2.24, 2.45) is 0 Å². The minimum Gasteiger partial charge on any atom is -0.315 e. The topological polar surface area (TPSA) is 54.9 Å². The van der Waals surface area contributed by atoms with Gasteiger partial charge < -0.3 is 5.32 Å². The van der Waals surface area contributed by atoms with Gasteiger partial charge in [-0.25, -0.2) is 0 Å². The fraction of sp³-hybridized carbons (Fsp3) is 0.357. The van der Waals surface area contributed by atoms with E-state index in [4.69, 9.17) is 0 Å². The van der Waals surface area contributed by atoms with Crippen molar-refractivity contribution >= 4 is 22.4 Å². The SMILES string of the molecule is O=C(Cc1ccc(C2CCC2)cc1)Nc1cnns1. The van der Waals surface area contributed by atoms with E-state index in [2.05, 4.69) is 39.2 Å². The highest BCUT2D eigenvalue weighted by Crippen LogP contribution is 2.36. The smallest absolute Gasteiger partial charge is 0.229 e. The fourth-order valence-corrected chi connectivity index (χ4v) is 2.67. The summed E-state index contributed by atoms with van der Waals surface area (Å²) in [6.45, 7) is 0. The van der Waals surface area contributed by atoms with Gasteiger partial charge in [0.15, 0.2) is 0 Å². The van der Waals surface area contributed by atoms with Crippen LogP contribution in [0.4, 0.5) is 5.00 Å². The molecule has 19 heavy (non-hydrogen) atoms. The Labute approximate surface area is 116 Å². The van der Waals surface area contributed by atoms with Gasteiger partial charge in [0.1, 0.15) is 5.00 Å². The zero-order valence-electron chi connectivity index (χ0n) is 10.5. The molecule has 1 aromatic carbocycles. The maximum Gasteiger partial charge on any atom is 0.229 e. The van der Waals surface area contributed by atoms with Crippen LogP contribution in [0.25, 0.3) is 0 Å². The summed E-state index contributed by atoms with van der Waals surface area (Å²) in [6.07, 6.45) is 5.90. The second-order valence-electron chi connectivity index (χ2n) is 4.88. The maximum absolute atomic E-state index is 11.8. The summed E-state index contributed by atoms with van der Waals surface area (Å²) >= 11 is 1.19. The van der Waals surface area contributed by atoms with Crippen LogP contribution in [0.3, 0.4) is 0 Å². The van der Waals surface area contributed by atoms with E-state index in [9.17, 15) is 4.79 Å². The summed E-state index contributed by atoms with van der Waals surface area (Å²) in [5.41, 5.74) is 2.44. The Morgan fingerprint density at radius 2 is 2.11 bits per heavy atom. The van der Waals surface area contributed by atoms with Gasteiger partial charge >= 0.3 is 0 Å². The van der Waals surface area contributed by atoms with Gasteiger partial charge in [-0.2, -0.15) is 0 Å². The van der Waals surface area contributed by atoms with E-state index in [1.165, 1.54) is 36.4 Å². The highest BCUT2D eigenvalue weighted by Gasteiger charge is 2.19. The summed E-state index contributed by atoms with van der Waals surface area (Å²) in [6, 6.07) is 8.41. The first kappa shape index (κ1) is 12.3. The molecule has 1 saturated carbocycles. The number of nitrogens with one attached hydrogen (secondary N) is 1. The molecule has 0 bridgehead atoms. The highest BCUT2D eigenvalue weighted by molar-refractivity contribution is 7.10. The van der Waals surface area contributed by atoms with Crippen LogP contribution in [0.5, 0.6) is 0 Å². The molecule has 4 nitrogen and oxygen atoms in total. The molecule has 0 aliphatic heterocycles. The molecule has 0 radical (unpaired) electrons. The van der Waals surface area contributed by atoms with Gasteiger partial charge in [-0.05, 0) is 29.9 Å². The third-order valence-electron chi connectivity index (χ3n) is 3.54. The number of carbonyl (C=O) groups excluding carboxylic acids is 1. The molecule has 1 N–H and O–H groups in total. The number of hydrogen-bond donors (Lipinski definition) is 1. The molecule has 0 unspecified atom stereocenters. The summed E-state index contributed by atoms with van der Waals surface area (Å²) in [7, 11) is 0. The van der Waals surface area contributed by atoms with Crippen molar-refractivity contribution in [1.82, 2.24) is 9.59 Å². The predicted molar refractivity (Wildman–Crippen MR) is 75.3 cm³/mol. The lowest BCUT2D eigenvalue weighted by Gasteiger charge is -2.25. The Kier molecular flexibility index (Phi) is 3.55. The van der Waals surface area contributed by atoms with Crippen LogP contribution < -0.4 is 5.32 Å². The molecule has 0 spiro atoms. The fourth-order valence-electron chi connectivity index (χ4n) is 2.24. The van der Waals surface area contributed by atoms with Crippen LogP contribution in [-0.4, -0.2) is 15.5 Å². The number of amides is 1. The molecule has 1 heterocycles. The molecule has 2 aromatic rings. The van der Waals surface area contributed by atoms with Crippen molar-refractivity contribution in [2.45, 2.75) is 31.6 Å². The lowest BCUT2D eigenvalue weighted by Crippen LogP contribution is -2.14. The Morgan fingerprint density at radius 3 is 2.68 bits per heavy atom. The van der Waals surface area contributed by atoms with Crippen molar-refractivity contribution < 1.29 is 4.79 Å². The molecule has 1 amide bonds. The highest BCUT2D eigenvalue weighted by atomic mass is 32.1. The average Bonchev–Trinajstić information content (AvgIpc) is 2.82. The summed E-state index contributed by atoms with van der Waals surface area (Å²) in [4.78, 5) is 11.8. The number of nitrogens with zero attached hydrogens (tertiary/aromatic N) is 2. The van der Waals surface area contributed by atoms with E-state index in [-0.39, 0.29) is 5.91 Å². The Bertz CT molecular complexity index is 547. The Morgan fingerprint density at radius 1 is 1.32 bits per heavy atom. The van der Waals surface area contributed by atoms with Crippen molar-refractivity contribution in [3.05, 3.63) is 41.6 Å². The zero-order chi connectivity index (χ0) is 13.1. The van der Waals surface area contributed by atoms with Crippen molar-refractivity contribution in [3.63, 3.8) is 0 Å². The molecule has 3 rings (SSSR count). The predicted octanol–water partition coefficient (Wildman–Crippen LogP) is 2.99. The van der Waals surface area contributed by atoms with E-state index < -0.39 is 0 Å². The minimum absolute atomic E-state index is 0.0255. The summed E-state index contributed by atoms with van der Waals surface area (Å²) in [5.74, 6) is 0.716. The Balaban J connectivity index is 1.58. The zero-order valence-corrected chi connectivity index (χ0v) is 11.3. The second kappa shape index (κ2) is 5.48. The molecule has 0 saturated heterocycles. The molecule has 1 aliphatic carbocycles. The third-order valence-corrected chi connectivity index (χ3v) is 4.12. The number of hydrogen-bond acceptors (Lipinski definition) is 4. The van der Waals surface area contributed by atoms with E-state index in [0.717, 1.165) is 11.5 Å². The monoisotopic (exact) mass is 273 g/mol. The molecule has 1 fully saturated rings. The first-order valence-electron chi connectivity index (χ1n) is 6.47. The van der Waals surface area contributed by atoms with Crippen LogP contribution in [0, 0.1) is 0 Å². The number of anilines is 1. The van der Waals surface area contributed by atoms with Crippen LogP contribution >= 0.6 is 11.5 Å². The quantitative estimate of drug-likeness (QED) is 0.931. The number of aromatic nitrogens is 2. The molecule has 1 aliphatic rings. The molecular formula is C14H15N3OS. The van der Waals surface area contributed by atoms with Gasteiger partial charge in [0.2, 0.25) is 5.91 Å². The largest absolute Gasteiger partial charge is 0.315 e. The van der Waals surface area contributed by atoms with Gasteiger partial charge in [0.05, 0.1) is 12.6 Å². The maximum atomic E-state index is 11.8. The second-order valence-corrected chi connectivity index (χ2v) is 5.66. The van der Waals surface area contributed by atoms with Crippen molar-refractivity contribution in [2.75, 3.05) is 5.32 Å². The normalized spacial score (nSPS) is 14.9. The van der Waals surface area contributed by atoms with E-state index in [1.54, 1.807) is 6.20 Å². The average molecular weight is 273 g/mol. The molecule has 1 aromatic heterocycles. The first-order valence-corrected chi connectivity index (χ1v) is 7.24. The summed E-state index contributed by atoms with van der Waals surface area (Å²) in [5, 5.41) is 7.16. The van der Waals surface area contributed by atoms with Crippen LogP contribution in [0.1, 0.15) is 36.3 Å². The van der Waals surface area contributed by atoms with Gasteiger partial charge in [-0.3, -0.25) is 4.79 Å². The van der Waals surface area contributed by atoms with E-state index >= 15 is 0 Å². The number of rotatable bonds is 4. The van der Waals surface area contributed by atoms with Crippen molar-refractivity contribution in [1.29, 1.82) is 0 Å². The van der Waals surface area contributed by atoms with Gasteiger partial charge in [0, 0.05) is 11.5 Å². The lowest BCUT2D eigenvalue weighted by atomic mass is 9.80. The summed E-state index contributed by atoms with van der Waals surface area (Å²) < 4.78 is 3.71. The van der Waals surface area contributed by atoms with Crippen molar-refractivity contribution in [3.8, 4) is 0 Å². The number of benzene rings is 1. The van der Waals surface area contributed by atoms with Crippen LogP contribution in [0.2, 0.25) is 0 Å². The molecule has 98 valence electrons. The van der Waals surface area contributed by atoms with Gasteiger partial charge in [-0.1, -0.05) is 35.2 Å². The third kappa shape index (κ3) is 2.98. The molecule has 0 atom stereocenters. The van der Waals surface area contributed by atoms with E-state index in [1.807, 2.05) is 0 Å². The lowest BCUT2D eigenvalue weighted by molar-refractivity contribution is -0.115. The minimum atomic E-state index is -0.0255. The van der Waals surface area contributed by atoms with Gasteiger partial charge in [-0.15, -0.1) is 5.10 Å².